The molecule has 0 fully saturated rings. The van der Waals surface area contributed by atoms with Crippen molar-refractivity contribution < 1.29 is 23.1 Å². The number of hydrogen-bond donors (Lipinski definition) is 3. The minimum Gasteiger partial charge on any atom is -0.391 e. The number of nitrogens with one attached hydrogen (secondary N) is 2. The summed E-state index contributed by atoms with van der Waals surface area (Å²) in [7, 11) is 0. The molecule has 3 N–H and O–H groups in total. The third-order valence-electron chi connectivity index (χ3n) is 2.88. The van der Waals surface area contributed by atoms with E-state index in [1.165, 1.54) is 12.1 Å². The molecule has 1 unspecified atom stereocenters. The quantitative estimate of drug-likeness (QED) is 0.728. The molecule has 0 saturated heterocycles. The summed E-state index contributed by atoms with van der Waals surface area (Å²) < 4.78 is 37.6. The van der Waals surface area contributed by atoms with Crippen molar-refractivity contribution in [2.45, 2.75) is 32.0 Å². The molecule has 0 bridgehead atoms. The van der Waals surface area contributed by atoms with E-state index in [1.54, 1.807) is 0 Å². The fourth-order valence-electron chi connectivity index (χ4n) is 1.75. The first-order chi connectivity index (χ1) is 10.8. The van der Waals surface area contributed by atoms with Crippen molar-refractivity contribution in [1.29, 1.82) is 0 Å². The van der Waals surface area contributed by atoms with Crippen molar-refractivity contribution in [3.8, 4) is 11.8 Å². The molecular weight excluding hydrogens is 309 g/mol. The van der Waals surface area contributed by atoms with E-state index in [9.17, 15) is 23.1 Å². The Morgan fingerprint density at radius 1 is 1.35 bits per heavy atom. The lowest BCUT2D eigenvalue weighted by molar-refractivity contribution is -0.137. The SMILES string of the molecule is CCCC(O)CNC(=O)NCC#Cc1cccc(C(F)(F)F)c1. The van der Waals surface area contributed by atoms with Crippen LogP contribution in [0.2, 0.25) is 0 Å². The number of amides is 2. The summed E-state index contributed by atoms with van der Waals surface area (Å²) in [6.45, 7) is 2.05. The third-order valence-corrected chi connectivity index (χ3v) is 2.88. The Hall–Kier alpha value is -2.20. The molecular formula is C16H19F3N2O2. The van der Waals surface area contributed by atoms with Gasteiger partial charge in [0.15, 0.2) is 0 Å². The van der Waals surface area contributed by atoms with Crippen molar-refractivity contribution in [3.05, 3.63) is 35.4 Å². The Balaban J connectivity index is 2.42. The standard InChI is InChI=1S/C16H19F3N2O2/c1-2-5-14(22)11-21-15(23)20-9-4-7-12-6-3-8-13(10-12)16(17,18)19/h3,6,8,10,14,22H,2,5,9,11H2,1H3,(H2,20,21,23). The van der Waals surface area contributed by atoms with Crippen LogP contribution >= 0.6 is 0 Å². The molecule has 7 heteroatoms. The Bertz CT molecular complexity index is 577. The first-order valence-corrected chi connectivity index (χ1v) is 7.18. The van der Waals surface area contributed by atoms with E-state index >= 15 is 0 Å². The molecule has 1 aromatic rings. The van der Waals surface area contributed by atoms with Gasteiger partial charge in [-0.25, -0.2) is 4.79 Å². The molecule has 23 heavy (non-hydrogen) atoms. The molecule has 0 aromatic heterocycles. The summed E-state index contributed by atoms with van der Waals surface area (Å²) in [6, 6.07) is 4.18. The maximum atomic E-state index is 12.5. The van der Waals surface area contributed by atoms with Crippen LogP contribution < -0.4 is 10.6 Å². The summed E-state index contributed by atoms with van der Waals surface area (Å²) in [4.78, 5) is 11.4. The Labute approximate surface area is 133 Å². The van der Waals surface area contributed by atoms with Gasteiger partial charge in [0, 0.05) is 12.1 Å². The second-order valence-electron chi connectivity index (χ2n) is 4.89. The largest absolute Gasteiger partial charge is 0.416 e. The van der Waals surface area contributed by atoms with Crippen LogP contribution in [0.4, 0.5) is 18.0 Å². The molecule has 0 aliphatic carbocycles. The van der Waals surface area contributed by atoms with Crippen LogP contribution in [-0.2, 0) is 6.18 Å². The summed E-state index contributed by atoms with van der Waals surface area (Å²) in [5.74, 6) is 5.13. The van der Waals surface area contributed by atoms with E-state index in [0.29, 0.717) is 6.42 Å². The van der Waals surface area contributed by atoms with Gasteiger partial charge in [-0.3, -0.25) is 0 Å². The van der Waals surface area contributed by atoms with Crippen LogP contribution in [0.5, 0.6) is 0 Å². The smallest absolute Gasteiger partial charge is 0.391 e. The number of alkyl halides is 3. The maximum absolute atomic E-state index is 12.5. The van der Waals surface area contributed by atoms with Crippen LogP contribution in [0.25, 0.3) is 0 Å². The molecule has 1 rings (SSSR count). The molecule has 0 aliphatic heterocycles. The van der Waals surface area contributed by atoms with Crippen LogP contribution in [0.3, 0.4) is 0 Å². The normalized spacial score (nSPS) is 12.0. The number of carbonyl (C=O) groups excluding carboxylic acids is 1. The topological polar surface area (TPSA) is 61.4 Å². The van der Waals surface area contributed by atoms with E-state index in [-0.39, 0.29) is 18.7 Å². The second-order valence-corrected chi connectivity index (χ2v) is 4.89. The average molecular weight is 328 g/mol. The van der Waals surface area contributed by atoms with E-state index in [0.717, 1.165) is 18.6 Å². The number of carbonyl (C=O) groups is 1. The summed E-state index contributed by atoms with van der Waals surface area (Å²) in [6.07, 6.45) is -3.60. The number of rotatable bonds is 5. The first kappa shape index (κ1) is 18.8. The molecule has 0 heterocycles. The zero-order valence-electron chi connectivity index (χ0n) is 12.7. The monoisotopic (exact) mass is 328 g/mol. The van der Waals surface area contributed by atoms with Gasteiger partial charge in [-0.1, -0.05) is 31.3 Å². The molecule has 1 aromatic carbocycles. The Kier molecular flexibility index (Phi) is 7.42. The van der Waals surface area contributed by atoms with Gasteiger partial charge in [-0.15, -0.1) is 0 Å². The summed E-state index contributed by atoms with van der Waals surface area (Å²) in [5, 5.41) is 14.4. The summed E-state index contributed by atoms with van der Waals surface area (Å²) >= 11 is 0. The van der Waals surface area contributed by atoms with Gasteiger partial charge in [-0.05, 0) is 24.6 Å². The average Bonchev–Trinajstić information content (AvgIpc) is 2.49. The lowest BCUT2D eigenvalue weighted by Crippen LogP contribution is -2.39. The predicted molar refractivity (Wildman–Crippen MR) is 80.6 cm³/mol. The molecule has 2 amide bonds. The van der Waals surface area contributed by atoms with E-state index in [1.807, 2.05) is 6.92 Å². The first-order valence-electron chi connectivity index (χ1n) is 7.18. The van der Waals surface area contributed by atoms with Crippen molar-refractivity contribution in [2.75, 3.05) is 13.1 Å². The van der Waals surface area contributed by atoms with Crippen molar-refractivity contribution in [2.24, 2.45) is 0 Å². The van der Waals surface area contributed by atoms with Gasteiger partial charge in [0.1, 0.15) is 0 Å². The van der Waals surface area contributed by atoms with Gasteiger partial charge >= 0.3 is 12.2 Å². The van der Waals surface area contributed by atoms with Crippen LogP contribution in [0, 0.1) is 11.8 Å². The molecule has 0 spiro atoms. The fourth-order valence-corrected chi connectivity index (χ4v) is 1.75. The van der Waals surface area contributed by atoms with Gasteiger partial charge in [0.25, 0.3) is 0 Å². The van der Waals surface area contributed by atoms with E-state index in [2.05, 4.69) is 22.5 Å². The minimum atomic E-state index is -4.41. The van der Waals surface area contributed by atoms with Gasteiger partial charge in [0.05, 0.1) is 18.2 Å². The van der Waals surface area contributed by atoms with Crippen molar-refractivity contribution >= 4 is 6.03 Å². The van der Waals surface area contributed by atoms with Crippen LogP contribution in [0.1, 0.15) is 30.9 Å². The fraction of sp³-hybridized carbons (Fsp3) is 0.438. The lowest BCUT2D eigenvalue weighted by Gasteiger charge is -2.10. The lowest BCUT2D eigenvalue weighted by atomic mass is 10.1. The van der Waals surface area contributed by atoms with Gasteiger partial charge in [-0.2, -0.15) is 13.2 Å². The number of benzene rings is 1. The number of aliphatic hydroxyl groups excluding tert-OH is 1. The maximum Gasteiger partial charge on any atom is 0.416 e. The highest BCUT2D eigenvalue weighted by atomic mass is 19.4. The highest BCUT2D eigenvalue weighted by Gasteiger charge is 2.30. The Morgan fingerprint density at radius 2 is 2.09 bits per heavy atom. The van der Waals surface area contributed by atoms with Gasteiger partial charge < -0.3 is 15.7 Å². The molecule has 0 radical (unpaired) electrons. The second kappa shape index (κ2) is 9.06. The van der Waals surface area contributed by atoms with Crippen molar-refractivity contribution in [3.63, 3.8) is 0 Å². The van der Waals surface area contributed by atoms with E-state index < -0.39 is 23.9 Å². The molecule has 4 nitrogen and oxygen atoms in total. The number of urea groups is 1. The highest BCUT2D eigenvalue weighted by molar-refractivity contribution is 5.74. The predicted octanol–water partition coefficient (Wildman–Crippen LogP) is 2.52. The van der Waals surface area contributed by atoms with Crippen LogP contribution in [0.15, 0.2) is 24.3 Å². The van der Waals surface area contributed by atoms with Gasteiger partial charge in [0.2, 0.25) is 0 Å². The van der Waals surface area contributed by atoms with Crippen LogP contribution in [-0.4, -0.2) is 30.3 Å². The zero-order chi connectivity index (χ0) is 17.3. The number of hydrogen-bond acceptors (Lipinski definition) is 2. The molecule has 0 saturated carbocycles. The minimum absolute atomic E-state index is 0.00798. The molecule has 0 aliphatic rings. The zero-order valence-corrected chi connectivity index (χ0v) is 12.7. The third kappa shape index (κ3) is 7.56. The Morgan fingerprint density at radius 3 is 2.74 bits per heavy atom. The summed E-state index contributed by atoms with van der Waals surface area (Å²) in [5.41, 5.74) is -0.541. The highest BCUT2D eigenvalue weighted by Crippen LogP contribution is 2.29. The van der Waals surface area contributed by atoms with Crippen molar-refractivity contribution in [1.82, 2.24) is 10.6 Å². The number of halogens is 3. The molecule has 126 valence electrons. The van der Waals surface area contributed by atoms with E-state index in [4.69, 9.17) is 0 Å². The molecule has 1 atom stereocenters. The number of aliphatic hydroxyl groups is 1.